The third kappa shape index (κ3) is 4.71. The van der Waals surface area contributed by atoms with Gasteiger partial charge in [0, 0.05) is 6.07 Å². The molecule has 1 rings (SSSR count). The van der Waals surface area contributed by atoms with Gasteiger partial charge < -0.3 is 15.6 Å². The van der Waals surface area contributed by atoms with E-state index in [1.54, 1.807) is 19.1 Å². The Labute approximate surface area is 122 Å². The molecule has 7 nitrogen and oxygen atoms in total. The Morgan fingerprint density at radius 2 is 2.14 bits per heavy atom. The van der Waals surface area contributed by atoms with Gasteiger partial charge in [-0.05, 0) is 39.2 Å². The molecule has 0 fully saturated rings. The van der Waals surface area contributed by atoms with Crippen LogP contribution >= 0.6 is 0 Å². The molecule has 21 heavy (non-hydrogen) atoms. The lowest BCUT2D eigenvalue weighted by atomic mass is 9.97. The lowest BCUT2D eigenvalue weighted by Gasteiger charge is -2.18. The zero-order chi connectivity index (χ0) is 16.0. The van der Waals surface area contributed by atoms with E-state index in [0.29, 0.717) is 37.2 Å². The van der Waals surface area contributed by atoms with Gasteiger partial charge in [-0.25, -0.2) is 0 Å². The number of hydrogen-bond acceptors (Lipinski definition) is 5. The second-order valence-electron chi connectivity index (χ2n) is 5.19. The van der Waals surface area contributed by atoms with Crippen LogP contribution in [0.15, 0.2) is 18.2 Å². The van der Waals surface area contributed by atoms with Gasteiger partial charge in [-0.15, -0.1) is 0 Å². The first-order valence-electron chi connectivity index (χ1n) is 6.65. The van der Waals surface area contributed by atoms with Crippen molar-refractivity contribution in [3.05, 3.63) is 33.9 Å². The maximum absolute atomic E-state index is 10.8. The predicted octanol–water partition coefficient (Wildman–Crippen LogP) is 2.25. The second-order valence-corrected chi connectivity index (χ2v) is 5.19. The molecule has 7 heteroatoms. The molecule has 0 saturated carbocycles. The minimum absolute atomic E-state index is 0.0212. The van der Waals surface area contributed by atoms with Gasteiger partial charge >= 0.3 is 5.97 Å². The van der Waals surface area contributed by atoms with Crippen molar-refractivity contribution in [3.63, 3.8) is 0 Å². The monoisotopic (exact) mass is 296 g/mol. The van der Waals surface area contributed by atoms with Gasteiger partial charge in [0.2, 0.25) is 0 Å². The zero-order valence-corrected chi connectivity index (χ0v) is 12.2. The molecule has 0 bridgehead atoms. The molecule has 1 unspecified atom stereocenters. The number of carbonyl (C=O) groups is 1. The van der Waals surface area contributed by atoms with E-state index in [1.165, 1.54) is 13.0 Å². The molecule has 0 aliphatic heterocycles. The molecule has 0 saturated heterocycles. The number of carboxylic acid groups (broad SMARTS) is 1. The Kier molecular flexibility index (Phi) is 5.66. The molecule has 0 heterocycles. The summed E-state index contributed by atoms with van der Waals surface area (Å²) in [6.07, 6.45) is 1.58. The van der Waals surface area contributed by atoms with Crippen LogP contribution in [0.2, 0.25) is 0 Å². The lowest BCUT2D eigenvalue weighted by Crippen LogP contribution is -2.44. The smallest absolute Gasteiger partial charge is 0.323 e. The number of ether oxygens (including phenoxy) is 1. The van der Waals surface area contributed by atoms with Gasteiger partial charge in [0.25, 0.3) is 5.69 Å². The Hall–Kier alpha value is -2.15. The SMILES string of the molecule is Cc1c(OCCCCC(C)(N)C(=O)O)cccc1[N+](=O)[O-]. The number of hydrogen-bond donors (Lipinski definition) is 2. The van der Waals surface area contributed by atoms with Crippen LogP contribution in [0.1, 0.15) is 31.7 Å². The quantitative estimate of drug-likeness (QED) is 0.432. The number of unbranched alkanes of at least 4 members (excludes halogenated alkanes) is 1. The summed E-state index contributed by atoms with van der Waals surface area (Å²) in [7, 11) is 0. The summed E-state index contributed by atoms with van der Waals surface area (Å²) in [5, 5.41) is 19.7. The van der Waals surface area contributed by atoms with Crippen molar-refractivity contribution in [1.82, 2.24) is 0 Å². The Morgan fingerprint density at radius 3 is 2.71 bits per heavy atom. The third-order valence-electron chi connectivity index (χ3n) is 3.29. The molecule has 0 aliphatic rings. The van der Waals surface area contributed by atoms with E-state index in [9.17, 15) is 14.9 Å². The summed E-state index contributed by atoms with van der Waals surface area (Å²) >= 11 is 0. The van der Waals surface area contributed by atoms with Gasteiger partial charge in [-0.2, -0.15) is 0 Å². The minimum Gasteiger partial charge on any atom is -0.493 e. The highest BCUT2D eigenvalue weighted by atomic mass is 16.6. The number of carboxylic acids is 1. The molecule has 0 radical (unpaired) electrons. The number of benzene rings is 1. The average molecular weight is 296 g/mol. The largest absolute Gasteiger partial charge is 0.493 e. The molecule has 116 valence electrons. The van der Waals surface area contributed by atoms with Crippen LogP contribution in [0.3, 0.4) is 0 Å². The second kappa shape index (κ2) is 7.03. The molecule has 0 amide bonds. The van der Waals surface area contributed by atoms with Crippen LogP contribution in [0.4, 0.5) is 5.69 Å². The van der Waals surface area contributed by atoms with E-state index in [2.05, 4.69) is 0 Å². The van der Waals surface area contributed by atoms with Crippen LogP contribution in [-0.2, 0) is 4.79 Å². The molecule has 1 aromatic carbocycles. The van der Waals surface area contributed by atoms with E-state index in [-0.39, 0.29) is 5.69 Å². The number of nitro benzene ring substituents is 1. The highest BCUT2D eigenvalue weighted by molar-refractivity contribution is 5.77. The van der Waals surface area contributed by atoms with E-state index < -0.39 is 16.4 Å². The van der Waals surface area contributed by atoms with Crippen LogP contribution in [-0.4, -0.2) is 28.1 Å². The number of rotatable bonds is 8. The summed E-state index contributed by atoms with van der Waals surface area (Å²) in [5.74, 6) is -0.559. The third-order valence-corrected chi connectivity index (χ3v) is 3.29. The van der Waals surface area contributed by atoms with Crippen molar-refractivity contribution in [2.24, 2.45) is 5.73 Å². The Morgan fingerprint density at radius 1 is 1.48 bits per heavy atom. The molecule has 1 atom stereocenters. The first-order chi connectivity index (χ1) is 9.75. The molecular weight excluding hydrogens is 276 g/mol. The van der Waals surface area contributed by atoms with E-state index in [0.717, 1.165) is 0 Å². The van der Waals surface area contributed by atoms with Crippen LogP contribution < -0.4 is 10.5 Å². The summed E-state index contributed by atoms with van der Waals surface area (Å²) in [6.45, 7) is 3.47. The predicted molar refractivity (Wildman–Crippen MR) is 77.4 cm³/mol. The van der Waals surface area contributed by atoms with Gasteiger partial charge in [-0.1, -0.05) is 6.07 Å². The van der Waals surface area contributed by atoms with Crippen molar-refractivity contribution >= 4 is 11.7 Å². The number of nitro groups is 1. The fourth-order valence-electron chi connectivity index (χ4n) is 1.84. The minimum atomic E-state index is -1.23. The number of nitrogens with two attached hydrogens (primary N) is 1. The standard InChI is InChI=1S/C14H20N2O5/c1-10-11(16(19)20)6-5-7-12(10)21-9-4-3-8-14(2,15)13(17)18/h5-7H,3-4,8-9,15H2,1-2H3,(H,17,18). The summed E-state index contributed by atoms with van der Waals surface area (Å²) in [5.41, 5.74) is 4.88. The normalized spacial score (nSPS) is 13.5. The highest BCUT2D eigenvalue weighted by Gasteiger charge is 2.26. The molecule has 3 N–H and O–H groups in total. The summed E-state index contributed by atoms with van der Waals surface area (Å²) < 4.78 is 5.51. The first kappa shape index (κ1) is 16.9. The molecule has 0 aliphatic carbocycles. The van der Waals surface area contributed by atoms with Crippen molar-refractivity contribution in [1.29, 1.82) is 0 Å². The molecule has 1 aromatic rings. The van der Waals surface area contributed by atoms with Crippen LogP contribution in [0.25, 0.3) is 0 Å². The lowest BCUT2D eigenvalue weighted by molar-refractivity contribution is -0.385. The van der Waals surface area contributed by atoms with Crippen molar-refractivity contribution in [2.45, 2.75) is 38.6 Å². The van der Waals surface area contributed by atoms with E-state index in [4.69, 9.17) is 15.6 Å². The van der Waals surface area contributed by atoms with Gasteiger partial charge in [0.15, 0.2) is 0 Å². The Bertz CT molecular complexity index is 528. The fourth-order valence-corrected chi connectivity index (χ4v) is 1.84. The van der Waals surface area contributed by atoms with Crippen molar-refractivity contribution in [2.75, 3.05) is 6.61 Å². The van der Waals surface area contributed by atoms with Gasteiger partial charge in [0.05, 0.1) is 17.1 Å². The van der Waals surface area contributed by atoms with Gasteiger partial charge in [0.1, 0.15) is 11.3 Å². The van der Waals surface area contributed by atoms with Crippen LogP contribution in [0.5, 0.6) is 5.75 Å². The Balaban J connectivity index is 2.46. The maximum Gasteiger partial charge on any atom is 0.323 e. The number of nitrogens with zero attached hydrogens (tertiary/aromatic N) is 1. The molecular formula is C14H20N2O5. The summed E-state index contributed by atoms with van der Waals surface area (Å²) in [4.78, 5) is 21.2. The first-order valence-corrected chi connectivity index (χ1v) is 6.65. The topological polar surface area (TPSA) is 116 Å². The summed E-state index contributed by atoms with van der Waals surface area (Å²) in [6, 6.07) is 4.67. The van der Waals surface area contributed by atoms with Crippen molar-refractivity contribution in [3.8, 4) is 5.75 Å². The fraction of sp³-hybridized carbons (Fsp3) is 0.500. The van der Waals surface area contributed by atoms with E-state index in [1.807, 2.05) is 0 Å². The van der Waals surface area contributed by atoms with Crippen LogP contribution in [0, 0.1) is 17.0 Å². The number of aliphatic carboxylic acids is 1. The average Bonchev–Trinajstić information content (AvgIpc) is 2.39. The molecule has 0 spiro atoms. The van der Waals surface area contributed by atoms with E-state index >= 15 is 0 Å². The molecule has 0 aromatic heterocycles. The zero-order valence-electron chi connectivity index (χ0n) is 12.2. The highest BCUT2D eigenvalue weighted by Crippen LogP contribution is 2.27. The van der Waals surface area contributed by atoms with Crippen molar-refractivity contribution < 1.29 is 19.6 Å². The van der Waals surface area contributed by atoms with Gasteiger partial charge in [-0.3, -0.25) is 14.9 Å². The maximum atomic E-state index is 10.8.